The van der Waals surface area contributed by atoms with Gasteiger partial charge in [0.2, 0.25) is 5.91 Å². The predicted molar refractivity (Wildman–Crippen MR) is 165 cm³/mol. The van der Waals surface area contributed by atoms with Crippen molar-refractivity contribution in [3.63, 3.8) is 0 Å². The predicted octanol–water partition coefficient (Wildman–Crippen LogP) is 6.41. The van der Waals surface area contributed by atoms with E-state index >= 15 is 0 Å². The van der Waals surface area contributed by atoms with Crippen molar-refractivity contribution in [3.05, 3.63) is 102 Å². The van der Waals surface area contributed by atoms with Gasteiger partial charge in [0.25, 0.3) is 0 Å². The van der Waals surface area contributed by atoms with Crippen molar-refractivity contribution in [2.75, 3.05) is 19.6 Å². The van der Waals surface area contributed by atoms with E-state index in [0.29, 0.717) is 13.1 Å². The molecule has 2 aliphatic rings. The van der Waals surface area contributed by atoms with Gasteiger partial charge < -0.3 is 20.9 Å². The van der Waals surface area contributed by atoms with Crippen LogP contribution in [0.25, 0.3) is 5.70 Å². The molecule has 39 heavy (non-hydrogen) atoms. The number of nitrogens with two attached hydrogens (primary N) is 1. The summed E-state index contributed by atoms with van der Waals surface area (Å²) in [5, 5.41) is 3.82. The third-order valence-electron chi connectivity index (χ3n) is 7.33. The first kappa shape index (κ1) is 30.2. The second-order valence-electron chi connectivity index (χ2n) is 11.1. The molecule has 0 saturated carbocycles. The molecule has 3 N–H and O–H groups in total. The number of rotatable bonds is 13. The molecule has 5 nitrogen and oxygen atoms in total. The Kier molecular flexibility index (Phi) is 11.9. The minimum atomic E-state index is -0.114. The highest BCUT2D eigenvalue weighted by atomic mass is 16.2. The molecule has 1 heterocycles. The Morgan fingerprint density at radius 3 is 2.72 bits per heavy atom. The van der Waals surface area contributed by atoms with E-state index in [4.69, 9.17) is 5.73 Å². The summed E-state index contributed by atoms with van der Waals surface area (Å²) in [5.41, 5.74) is 10.5. The topological polar surface area (TPSA) is 61.6 Å². The zero-order chi connectivity index (χ0) is 28.2. The van der Waals surface area contributed by atoms with Crippen LogP contribution in [0.5, 0.6) is 0 Å². The molecule has 1 aromatic rings. The molecule has 1 aliphatic heterocycles. The second kappa shape index (κ2) is 15.3. The average Bonchev–Trinajstić information content (AvgIpc) is 3.20. The molecule has 5 heteroatoms. The van der Waals surface area contributed by atoms with Crippen LogP contribution < -0.4 is 11.1 Å². The van der Waals surface area contributed by atoms with Crippen molar-refractivity contribution in [2.24, 2.45) is 17.6 Å². The van der Waals surface area contributed by atoms with E-state index in [2.05, 4.69) is 103 Å². The maximum absolute atomic E-state index is 14.1. The van der Waals surface area contributed by atoms with Gasteiger partial charge >= 0.3 is 0 Å². The number of benzene rings is 1. The zero-order valence-corrected chi connectivity index (χ0v) is 24.4. The van der Waals surface area contributed by atoms with E-state index in [-0.39, 0.29) is 30.0 Å². The monoisotopic (exact) mass is 528 g/mol. The molecule has 1 amide bonds. The molecular formula is C34H48N4O. The number of hydrogen-bond acceptors (Lipinski definition) is 4. The van der Waals surface area contributed by atoms with Crippen LogP contribution in [-0.2, 0) is 4.79 Å². The molecule has 3 unspecified atom stereocenters. The Balaban J connectivity index is 1.89. The van der Waals surface area contributed by atoms with Crippen LogP contribution in [0, 0.1) is 11.8 Å². The normalized spacial score (nSPS) is 20.2. The SMILES string of the molecule is C=C(C)/C=C\C=C/CCN1C=C(c2ccccc2)NC1C(C(C)C)N(CCCN)C(=O)C1C=CC(C)=CCC1. The Labute approximate surface area is 236 Å². The van der Waals surface area contributed by atoms with Gasteiger partial charge in [0.15, 0.2) is 0 Å². The number of carbonyl (C=O) groups is 1. The van der Waals surface area contributed by atoms with E-state index in [0.717, 1.165) is 49.1 Å². The first-order chi connectivity index (χ1) is 18.8. The van der Waals surface area contributed by atoms with Crippen LogP contribution in [0.3, 0.4) is 0 Å². The van der Waals surface area contributed by atoms with Gasteiger partial charge in [-0.1, -0.05) is 104 Å². The van der Waals surface area contributed by atoms with Gasteiger partial charge in [-0.3, -0.25) is 4.79 Å². The lowest BCUT2D eigenvalue weighted by atomic mass is 9.94. The molecule has 210 valence electrons. The average molecular weight is 529 g/mol. The maximum atomic E-state index is 14.1. The van der Waals surface area contributed by atoms with Gasteiger partial charge in [-0.05, 0) is 57.6 Å². The summed E-state index contributed by atoms with van der Waals surface area (Å²) in [6.07, 6.45) is 20.4. The van der Waals surface area contributed by atoms with Gasteiger partial charge in [0.05, 0.1) is 17.7 Å². The summed E-state index contributed by atoms with van der Waals surface area (Å²) < 4.78 is 0. The van der Waals surface area contributed by atoms with Gasteiger partial charge in [-0.2, -0.15) is 0 Å². The zero-order valence-electron chi connectivity index (χ0n) is 24.4. The molecule has 0 spiro atoms. The molecule has 3 rings (SSSR count). The van der Waals surface area contributed by atoms with Crippen molar-refractivity contribution in [1.82, 2.24) is 15.1 Å². The molecule has 0 aromatic heterocycles. The molecule has 1 aliphatic carbocycles. The van der Waals surface area contributed by atoms with E-state index in [9.17, 15) is 4.79 Å². The third-order valence-corrected chi connectivity index (χ3v) is 7.33. The van der Waals surface area contributed by atoms with Crippen LogP contribution in [0.15, 0.2) is 96.8 Å². The largest absolute Gasteiger partial charge is 0.362 e. The fraction of sp³-hybridized carbons (Fsp3) is 0.441. The van der Waals surface area contributed by atoms with E-state index < -0.39 is 0 Å². The summed E-state index contributed by atoms with van der Waals surface area (Å²) in [6.45, 7) is 14.5. The number of carbonyl (C=O) groups excluding carboxylic acids is 1. The van der Waals surface area contributed by atoms with E-state index in [1.54, 1.807) is 0 Å². The molecule has 0 radical (unpaired) electrons. The standard InChI is InChI=1S/C34H48N4O/c1-26(2)15-9-6-7-12-23-37-25-31(29-17-10-8-11-18-29)36-33(37)32(27(3)4)38(24-14-22-35)34(39)30-19-13-16-28(5)20-21-30/h6-11,15-18,20-21,25,27,30,32-33,36H,1,12-14,19,22-24,35H2,2-5H3/b7-6-,15-9-. The maximum Gasteiger partial charge on any atom is 0.229 e. The molecular weight excluding hydrogens is 480 g/mol. The fourth-order valence-corrected chi connectivity index (χ4v) is 5.31. The number of nitrogens with one attached hydrogen (secondary N) is 1. The minimum Gasteiger partial charge on any atom is -0.362 e. The lowest BCUT2D eigenvalue weighted by molar-refractivity contribution is -0.139. The van der Waals surface area contributed by atoms with Crippen molar-refractivity contribution >= 4 is 11.6 Å². The molecule has 3 atom stereocenters. The second-order valence-corrected chi connectivity index (χ2v) is 11.1. The summed E-state index contributed by atoms with van der Waals surface area (Å²) in [5.74, 6) is 0.345. The summed E-state index contributed by atoms with van der Waals surface area (Å²) in [7, 11) is 0. The van der Waals surface area contributed by atoms with Crippen LogP contribution in [-0.4, -0.2) is 47.5 Å². The Morgan fingerprint density at radius 1 is 1.26 bits per heavy atom. The fourth-order valence-electron chi connectivity index (χ4n) is 5.31. The quantitative estimate of drug-likeness (QED) is 0.291. The Bertz CT molecular complexity index is 1100. The Morgan fingerprint density at radius 2 is 2.03 bits per heavy atom. The van der Waals surface area contributed by atoms with Gasteiger partial charge in [-0.25, -0.2) is 0 Å². The summed E-state index contributed by atoms with van der Waals surface area (Å²) in [4.78, 5) is 18.6. The molecule has 1 aromatic carbocycles. The van der Waals surface area contributed by atoms with Crippen LogP contribution in [0.2, 0.25) is 0 Å². The third kappa shape index (κ3) is 8.86. The highest BCUT2D eigenvalue weighted by Gasteiger charge is 2.40. The number of hydrogen-bond donors (Lipinski definition) is 2. The van der Waals surface area contributed by atoms with Gasteiger partial charge in [0.1, 0.15) is 6.17 Å². The summed E-state index contributed by atoms with van der Waals surface area (Å²) in [6, 6.07) is 10.4. The highest BCUT2D eigenvalue weighted by molar-refractivity contribution is 5.81. The molecule has 0 fully saturated rings. The van der Waals surface area contributed by atoms with E-state index in [1.807, 2.05) is 25.1 Å². The first-order valence-corrected chi connectivity index (χ1v) is 14.5. The number of amides is 1. The van der Waals surface area contributed by atoms with Crippen molar-refractivity contribution < 1.29 is 4.79 Å². The van der Waals surface area contributed by atoms with Crippen molar-refractivity contribution in [3.8, 4) is 0 Å². The smallest absolute Gasteiger partial charge is 0.229 e. The van der Waals surface area contributed by atoms with E-state index in [1.165, 1.54) is 5.57 Å². The summed E-state index contributed by atoms with van der Waals surface area (Å²) >= 11 is 0. The number of allylic oxidation sites excluding steroid dienone is 7. The molecule has 0 bridgehead atoms. The van der Waals surface area contributed by atoms with Gasteiger partial charge in [-0.15, -0.1) is 0 Å². The lowest BCUT2D eigenvalue weighted by Crippen LogP contribution is -2.59. The Hall–Kier alpha value is -3.31. The van der Waals surface area contributed by atoms with Crippen molar-refractivity contribution in [1.29, 1.82) is 0 Å². The first-order valence-electron chi connectivity index (χ1n) is 14.5. The molecule has 0 saturated heterocycles. The van der Waals surface area contributed by atoms with Crippen LogP contribution in [0.4, 0.5) is 0 Å². The van der Waals surface area contributed by atoms with Crippen LogP contribution >= 0.6 is 0 Å². The minimum absolute atomic E-state index is 0.0143. The number of nitrogens with zero attached hydrogens (tertiary/aromatic N) is 2. The van der Waals surface area contributed by atoms with Gasteiger partial charge in [0, 0.05) is 19.3 Å². The van der Waals surface area contributed by atoms with Crippen LogP contribution in [0.1, 0.15) is 58.9 Å². The lowest BCUT2D eigenvalue weighted by Gasteiger charge is -2.43. The van der Waals surface area contributed by atoms with Crippen molar-refractivity contribution in [2.45, 2.75) is 65.6 Å². The highest BCUT2D eigenvalue weighted by Crippen LogP contribution is 2.30.